The van der Waals surface area contributed by atoms with Gasteiger partial charge in [-0.2, -0.15) is 0 Å². The van der Waals surface area contributed by atoms with Crippen LogP contribution in [0.5, 0.6) is 0 Å². The smallest absolute Gasteiger partial charge is 0.326 e. The monoisotopic (exact) mass is 658 g/mol. The first kappa shape index (κ1) is 34.6. The summed E-state index contributed by atoms with van der Waals surface area (Å²) >= 11 is 0. The number of hydrogen-bond acceptors (Lipinski definition) is 6. The summed E-state index contributed by atoms with van der Waals surface area (Å²) < 4.78 is 0. The number of carboxylic acid groups (broad SMARTS) is 1. The number of carboxylic acids is 1. The molecular weight excluding hydrogens is 612 g/mol. The SMILES string of the molecule is CC(C)CC(NC(=O)C(Cc1c[nH]c2ccccc12)NC(=O)C1CCCN1C(=O)C1CCCN1C(=O)C(N)Cc1ccccc1)C(=O)O. The number of carbonyl (C=O) groups is 5. The number of nitrogens with zero attached hydrogens (tertiary/aromatic N) is 2. The molecule has 6 N–H and O–H groups in total. The summed E-state index contributed by atoms with van der Waals surface area (Å²) in [6, 6.07) is 12.5. The Morgan fingerprint density at radius 2 is 1.54 bits per heavy atom. The number of para-hydroxylation sites is 1. The summed E-state index contributed by atoms with van der Waals surface area (Å²) in [5.41, 5.74) is 8.90. The van der Waals surface area contributed by atoms with Crippen LogP contribution in [0.1, 0.15) is 57.1 Å². The lowest BCUT2D eigenvalue weighted by Gasteiger charge is -2.32. The van der Waals surface area contributed by atoms with Gasteiger partial charge in [0.2, 0.25) is 23.6 Å². The zero-order valence-electron chi connectivity index (χ0n) is 27.6. The van der Waals surface area contributed by atoms with E-state index in [0.717, 1.165) is 22.0 Å². The molecule has 1 aromatic heterocycles. The molecule has 0 aliphatic carbocycles. The van der Waals surface area contributed by atoms with Gasteiger partial charge in [0.25, 0.3) is 0 Å². The molecule has 256 valence electrons. The fourth-order valence-electron chi connectivity index (χ4n) is 6.91. The van der Waals surface area contributed by atoms with Gasteiger partial charge in [0.15, 0.2) is 0 Å². The average molecular weight is 659 g/mol. The molecule has 12 nitrogen and oxygen atoms in total. The van der Waals surface area contributed by atoms with Crippen molar-refractivity contribution in [1.29, 1.82) is 0 Å². The van der Waals surface area contributed by atoms with Gasteiger partial charge in [0, 0.05) is 36.6 Å². The minimum atomic E-state index is -1.15. The second-order valence-electron chi connectivity index (χ2n) is 13.3. The lowest BCUT2D eigenvalue weighted by atomic mass is 10.0. The summed E-state index contributed by atoms with van der Waals surface area (Å²) in [6.07, 6.45) is 4.59. The molecule has 3 aromatic rings. The Bertz CT molecular complexity index is 1620. The van der Waals surface area contributed by atoms with Crippen molar-refractivity contribution in [3.8, 4) is 0 Å². The number of benzene rings is 2. The fraction of sp³-hybridized carbons (Fsp3) is 0.472. The highest BCUT2D eigenvalue weighted by molar-refractivity contribution is 5.96. The minimum absolute atomic E-state index is 0.0149. The molecule has 5 unspecified atom stereocenters. The number of rotatable bonds is 13. The first-order valence-electron chi connectivity index (χ1n) is 16.8. The highest BCUT2D eigenvalue weighted by Crippen LogP contribution is 2.26. The second-order valence-corrected chi connectivity index (χ2v) is 13.3. The van der Waals surface area contributed by atoms with Crippen LogP contribution in [-0.4, -0.2) is 92.8 Å². The molecule has 5 atom stereocenters. The van der Waals surface area contributed by atoms with Gasteiger partial charge < -0.3 is 36.3 Å². The van der Waals surface area contributed by atoms with Gasteiger partial charge in [-0.25, -0.2) is 4.79 Å². The number of aromatic amines is 1. The number of amides is 4. The molecule has 0 radical (unpaired) electrons. The van der Waals surface area contributed by atoms with Crippen LogP contribution in [0.3, 0.4) is 0 Å². The van der Waals surface area contributed by atoms with E-state index in [1.165, 1.54) is 4.90 Å². The third-order valence-corrected chi connectivity index (χ3v) is 9.33. The van der Waals surface area contributed by atoms with E-state index in [9.17, 15) is 29.1 Å². The van der Waals surface area contributed by atoms with Gasteiger partial charge in [-0.15, -0.1) is 0 Å². The van der Waals surface area contributed by atoms with E-state index in [2.05, 4.69) is 15.6 Å². The predicted octanol–water partition coefficient (Wildman–Crippen LogP) is 2.36. The van der Waals surface area contributed by atoms with Crippen molar-refractivity contribution in [2.75, 3.05) is 13.1 Å². The fourth-order valence-corrected chi connectivity index (χ4v) is 6.91. The summed E-state index contributed by atoms with van der Waals surface area (Å²) in [5, 5.41) is 16.2. The number of aliphatic carboxylic acids is 1. The quantitative estimate of drug-likeness (QED) is 0.187. The number of nitrogens with two attached hydrogens (primary N) is 1. The minimum Gasteiger partial charge on any atom is -0.480 e. The number of nitrogens with one attached hydrogen (secondary N) is 3. The van der Waals surface area contributed by atoms with E-state index < -0.39 is 48.0 Å². The van der Waals surface area contributed by atoms with Crippen LogP contribution in [-0.2, 0) is 36.8 Å². The van der Waals surface area contributed by atoms with Gasteiger partial charge in [-0.05, 0) is 61.6 Å². The third kappa shape index (κ3) is 8.04. The molecular formula is C36H46N6O6. The highest BCUT2D eigenvalue weighted by Gasteiger charge is 2.43. The standard InChI is InChI=1S/C36H46N6O6/c1-22(2)18-29(36(47)48)40-32(43)28(20-24-21-38-27-13-7-6-12-25(24)27)39-33(44)30-14-8-16-41(30)35(46)31-15-9-17-42(31)34(45)26(37)19-23-10-4-3-5-11-23/h3-7,10-13,21-22,26,28-31,38H,8-9,14-20,37H2,1-2H3,(H,39,44)(H,40,43)(H,47,48). The number of fused-ring (bicyclic) bond motifs is 1. The van der Waals surface area contributed by atoms with Gasteiger partial charge >= 0.3 is 5.97 Å². The van der Waals surface area contributed by atoms with E-state index in [1.807, 2.05) is 68.4 Å². The van der Waals surface area contributed by atoms with Crippen LogP contribution in [0.2, 0.25) is 0 Å². The molecule has 3 heterocycles. The van der Waals surface area contributed by atoms with Crippen molar-refractivity contribution in [1.82, 2.24) is 25.4 Å². The van der Waals surface area contributed by atoms with Crippen LogP contribution in [0.4, 0.5) is 0 Å². The molecule has 2 saturated heterocycles. The first-order chi connectivity index (χ1) is 23.0. The van der Waals surface area contributed by atoms with Gasteiger partial charge in [-0.3, -0.25) is 19.2 Å². The number of likely N-dealkylation sites (tertiary alicyclic amines) is 2. The molecule has 4 amide bonds. The highest BCUT2D eigenvalue weighted by atomic mass is 16.4. The van der Waals surface area contributed by atoms with Gasteiger partial charge in [-0.1, -0.05) is 62.4 Å². The third-order valence-electron chi connectivity index (χ3n) is 9.33. The Kier molecular flexibility index (Phi) is 11.2. The number of hydrogen-bond donors (Lipinski definition) is 5. The molecule has 2 aliphatic heterocycles. The van der Waals surface area contributed by atoms with Crippen molar-refractivity contribution in [2.45, 2.75) is 89.0 Å². The second kappa shape index (κ2) is 15.5. The molecule has 48 heavy (non-hydrogen) atoms. The first-order valence-corrected chi connectivity index (χ1v) is 16.8. The molecule has 12 heteroatoms. The lowest BCUT2D eigenvalue weighted by Crippen LogP contribution is -2.58. The average Bonchev–Trinajstić information content (AvgIpc) is 3.84. The molecule has 0 saturated carbocycles. The maximum Gasteiger partial charge on any atom is 0.326 e. The Morgan fingerprint density at radius 3 is 2.25 bits per heavy atom. The summed E-state index contributed by atoms with van der Waals surface area (Å²) in [6.45, 7) is 4.50. The Labute approximate surface area is 280 Å². The van der Waals surface area contributed by atoms with Gasteiger partial charge in [0.1, 0.15) is 24.2 Å². The number of aromatic nitrogens is 1. The van der Waals surface area contributed by atoms with Crippen molar-refractivity contribution in [3.63, 3.8) is 0 Å². The molecule has 2 aromatic carbocycles. The van der Waals surface area contributed by atoms with E-state index in [-0.39, 0.29) is 30.6 Å². The zero-order chi connectivity index (χ0) is 34.4. The molecule has 2 fully saturated rings. The van der Waals surface area contributed by atoms with Crippen molar-refractivity contribution < 1.29 is 29.1 Å². The summed E-state index contributed by atoms with van der Waals surface area (Å²) in [4.78, 5) is 73.2. The van der Waals surface area contributed by atoms with Crippen LogP contribution >= 0.6 is 0 Å². The van der Waals surface area contributed by atoms with Crippen molar-refractivity contribution in [3.05, 3.63) is 71.9 Å². The maximum atomic E-state index is 14.0. The number of carbonyl (C=O) groups excluding carboxylic acids is 4. The Hall–Kier alpha value is -4.71. The summed E-state index contributed by atoms with van der Waals surface area (Å²) in [5.74, 6) is -2.83. The summed E-state index contributed by atoms with van der Waals surface area (Å²) in [7, 11) is 0. The van der Waals surface area contributed by atoms with E-state index in [1.54, 1.807) is 11.1 Å². The van der Waals surface area contributed by atoms with Crippen LogP contribution in [0.25, 0.3) is 10.9 Å². The van der Waals surface area contributed by atoms with E-state index in [4.69, 9.17) is 5.73 Å². The van der Waals surface area contributed by atoms with Crippen molar-refractivity contribution in [2.24, 2.45) is 11.7 Å². The van der Waals surface area contributed by atoms with Crippen LogP contribution in [0, 0.1) is 5.92 Å². The van der Waals surface area contributed by atoms with Crippen molar-refractivity contribution >= 4 is 40.5 Å². The molecule has 2 aliphatic rings. The van der Waals surface area contributed by atoms with Crippen LogP contribution < -0.4 is 16.4 Å². The van der Waals surface area contributed by atoms with Gasteiger partial charge in [0.05, 0.1) is 6.04 Å². The molecule has 0 spiro atoms. The van der Waals surface area contributed by atoms with Crippen LogP contribution in [0.15, 0.2) is 60.8 Å². The lowest BCUT2D eigenvalue weighted by molar-refractivity contribution is -0.147. The van der Waals surface area contributed by atoms with E-state index in [0.29, 0.717) is 45.2 Å². The Balaban J connectivity index is 1.31. The maximum absolute atomic E-state index is 14.0. The Morgan fingerprint density at radius 1 is 0.875 bits per heavy atom. The molecule has 5 rings (SSSR count). The van der Waals surface area contributed by atoms with E-state index >= 15 is 0 Å². The zero-order valence-corrected chi connectivity index (χ0v) is 27.6. The topological polar surface area (TPSA) is 178 Å². The largest absolute Gasteiger partial charge is 0.480 e. The predicted molar refractivity (Wildman–Crippen MR) is 181 cm³/mol. The number of H-pyrrole nitrogens is 1. The normalized spacial score (nSPS) is 19.7. The molecule has 0 bridgehead atoms.